The van der Waals surface area contributed by atoms with Crippen LogP contribution in [0.5, 0.6) is 0 Å². The summed E-state index contributed by atoms with van der Waals surface area (Å²) in [7, 11) is 0. The first kappa shape index (κ1) is 10.4. The second kappa shape index (κ2) is 4.63. The molecule has 0 saturated carbocycles. The zero-order chi connectivity index (χ0) is 10.7. The van der Waals surface area contributed by atoms with Gasteiger partial charge in [0.25, 0.3) is 0 Å². The summed E-state index contributed by atoms with van der Waals surface area (Å²) >= 11 is 3.57. The molecule has 0 bridgehead atoms. The van der Waals surface area contributed by atoms with E-state index in [1.54, 1.807) is 0 Å². The molecule has 0 N–H and O–H groups in total. The third-order valence-electron chi connectivity index (χ3n) is 2.55. The van der Waals surface area contributed by atoms with Crippen molar-refractivity contribution in [1.82, 2.24) is 0 Å². The molecular weight excluding hydrogens is 248 g/mol. The van der Waals surface area contributed by atoms with E-state index in [2.05, 4.69) is 65.3 Å². The molecule has 0 spiro atoms. The third kappa shape index (κ3) is 2.29. The van der Waals surface area contributed by atoms with E-state index in [1.165, 1.54) is 16.7 Å². The molecule has 0 nitrogen and oxygen atoms in total. The van der Waals surface area contributed by atoms with Crippen LogP contribution < -0.4 is 0 Å². The van der Waals surface area contributed by atoms with Crippen molar-refractivity contribution in [3.05, 3.63) is 58.6 Å². The molecule has 2 aromatic carbocycles. The fourth-order valence-electron chi connectivity index (χ4n) is 1.62. The third-order valence-corrected chi connectivity index (χ3v) is 3.24. The molecule has 2 rings (SSSR count). The van der Waals surface area contributed by atoms with E-state index >= 15 is 0 Å². The van der Waals surface area contributed by atoms with Gasteiger partial charge in [-0.1, -0.05) is 65.3 Å². The molecule has 0 amide bonds. The molecule has 2 aromatic rings. The van der Waals surface area contributed by atoms with Gasteiger partial charge in [0.1, 0.15) is 0 Å². The normalized spacial score (nSPS) is 10.3. The molecule has 15 heavy (non-hydrogen) atoms. The van der Waals surface area contributed by atoms with Crippen LogP contribution in [-0.2, 0) is 6.42 Å². The molecular formula is C14H13Br. The Labute approximate surface area is 99.1 Å². The summed E-state index contributed by atoms with van der Waals surface area (Å²) in [6.45, 7) is 2.17. The van der Waals surface area contributed by atoms with Crippen LogP contribution in [0.4, 0.5) is 0 Å². The maximum Gasteiger partial charge on any atom is 0.0253 e. The summed E-state index contributed by atoms with van der Waals surface area (Å²) in [5, 5.41) is 0. The molecule has 0 heterocycles. The van der Waals surface area contributed by atoms with Crippen LogP contribution in [-0.4, -0.2) is 0 Å². The first-order valence-corrected chi connectivity index (χ1v) is 5.94. The second-order valence-corrected chi connectivity index (χ2v) is 4.38. The Kier molecular flexibility index (Phi) is 3.22. The highest BCUT2D eigenvalue weighted by atomic mass is 79.9. The van der Waals surface area contributed by atoms with Crippen molar-refractivity contribution in [2.75, 3.05) is 0 Å². The topological polar surface area (TPSA) is 0 Å². The molecule has 1 heteroatoms. The number of rotatable bonds is 2. The predicted octanol–water partition coefficient (Wildman–Crippen LogP) is 4.68. The highest BCUT2D eigenvalue weighted by Gasteiger charge is 2.00. The Bertz CT molecular complexity index is 443. The van der Waals surface area contributed by atoms with Crippen molar-refractivity contribution in [2.24, 2.45) is 0 Å². The first-order valence-electron chi connectivity index (χ1n) is 5.15. The van der Waals surface area contributed by atoms with Gasteiger partial charge < -0.3 is 0 Å². The molecule has 0 aliphatic carbocycles. The fraction of sp³-hybridized carbons (Fsp3) is 0.143. The van der Waals surface area contributed by atoms with Gasteiger partial charge in [-0.05, 0) is 29.2 Å². The highest BCUT2D eigenvalue weighted by Crippen LogP contribution is 2.27. The molecule has 0 aliphatic heterocycles. The quantitative estimate of drug-likeness (QED) is 0.736. The van der Waals surface area contributed by atoms with Gasteiger partial charge in [0.15, 0.2) is 0 Å². The number of aryl methyl sites for hydroxylation is 1. The number of halogens is 1. The predicted molar refractivity (Wildman–Crippen MR) is 69.0 cm³/mol. The second-order valence-electron chi connectivity index (χ2n) is 3.53. The maximum atomic E-state index is 3.57. The molecule has 0 radical (unpaired) electrons. The van der Waals surface area contributed by atoms with E-state index < -0.39 is 0 Å². The Morgan fingerprint density at radius 1 is 0.933 bits per heavy atom. The summed E-state index contributed by atoms with van der Waals surface area (Å²) in [5.41, 5.74) is 3.89. The molecule has 0 unspecified atom stereocenters. The summed E-state index contributed by atoms with van der Waals surface area (Å²) < 4.78 is 1.15. The lowest BCUT2D eigenvalue weighted by Crippen LogP contribution is -1.82. The van der Waals surface area contributed by atoms with Crippen LogP contribution in [0.1, 0.15) is 12.5 Å². The number of hydrogen-bond donors (Lipinski definition) is 0. The lowest BCUT2D eigenvalue weighted by Gasteiger charge is -2.05. The van der Waals surface area contributed by atoms with Gasteiger partial charge in [-0.25, -0.2) is 0 Å². The molecule has 0 saturated heterocycles. The van der Waals surface area contributed by atoms with Gasteiger partial charge in [-0.15, -0.1) is 0 Å². The van der Waals surface area contributed by atoms with E-state index in [0.29, 0.717) is 0 Å². The molecule has 76 valence electrons. The molecule has 0 fully saturated rings. The Morgan fingerprint density at radius 2 is 1.60 bits per heavy atom. The van der Waals surface area contributed by atoms with Crippen LogP contribution >= 0.6 is 15.9 Å². The molecule has 0 aliphatic rings. The van der Waals surface area contributed by atoms with Crippen molar-refractivity contribution >= 4 is 15.9 Å². The zero-order valence-corrected chi connectivity index (χ0v) is 10.3. The number of hydrogen-bond acceptors (Lipinski definition) is 0. The summed E-state index contributed by atoms with van der Waals surface area (Å²) in [6, 6.07) is 17.0. The zero-order valence-electron chi connectivity index (χ0n) is 8.70. The lowest BCUT2D eigenvalue weighted by atomic mass is 10.0. The average molecular weight is 261 g/mol. The van der Waals surface area contributed by atoms with Crippen LogP contribution in [0, 0.1) is 0 Å². The molecule has 0 aromatic heterocycles. The minimum Gasteiger partial charge on any atom is -0.0616 e. The van der Waals surface area contributed by atoms with E-state index in [0.717, 1.165) is 10.9 Å². The molecule has 0 atom stereocenters. The minimum absolute atomic E-state index is 1.09. The summed E-state index contributed by atoms with van der Waals surface area (Å²) in [5.74, 6) is 0. The maximum absolute atomic E-state index is 3.57. The smallest absolute Gasteiger partial charge is 0.0253 e. The minimum atomic E-state index is 1.09. The Morgan fingerprint density at radius 3 is 2.20 bits per heavy atom. The van der Waals surface area contributed by atoms with Gasteiger partial charge in [0.05, 0.1) is 0 Å². The van der Waals surface area contributed by atoms with Gasteiger partial charge in [0.2, 0.25) is 0 Å². The van der Waals surface area contributed by atoms with Gasteiger partial charge in [0, 0.05) is 4.47 Å². The van der Waals surface area contributed by atoms with Crippen LogP contribution in [0.2, 0.25) is 0 Å². The summed E-state index contributed by atoms with van der Waals surface area (Å²) in [6.07, 6.45) is 1.09. The van der Waals surface area contributed by atoms with Gasteiger partial charge in [-0.2, -0.15) is 0 Å². The van der Waals surface area contributed by atoms with Crippen molar-refractivity contribution in [1.29, 1.82) is 0 Å². The van der Waals surface area contributed by atoms with Crippen molar-refractivity contribution < 1.29 is 0 Å². The van der Waals surface area contributed by atoms with Crippen LogP contribution in [0.25, 0.3) is 11.1 Å². The highest BCUT2D eigenvalue weighted by molar-refractivity contribution is 9.10. The van der Waals surface area contributed by atoms with Crippen molar-refractivity contribution in [3.63, 3.8) is 0 Å². The van der Waals surface area contributed by atoms with Crippen molar-refractivity contribution in [3.8, 4) is 11.1 Å². The van der Waals surface area contributed by atoms with Gasteiger partial charge >= 0.3 is 0 Å². The standard InChI is InChI=1S/C14H13Br/c1-2-11-7-9-12(10-8-11)13-5-3-4-6-14(13)15/h3-10H,2H2,1H3. The SMILES string of the molecule is CCc1ccc(-c2ccccc2Br)cc1. The van der Waals surface area contributed by atoms with E-state index in [1.807, 2.05) is 6.07 Å². The summed E-state index contributed by atoms with van der Waals surface area (Å²) in [4.78, 5) is 0. The lowest BCUT2D eigenvalue weighted by molar-refractivity contribution is 1.14. The monoisotopic (exact) mass is 260 g/mol. The van der Waals surface area contributed by atoms with Crippen LogP contribution in [0.3, 0.4) is 0 Å². The largest absolute Gasteiger partial charge is 0.0616 e. The first-order chi connectivity index (χ1) is 7.31. The van der Waals surface area contributed by atoms with E-state index in [-0.39, 0.29) is 0 Å². The Balaban J connectivity index is 2.42. The fourth-order valence-corrected chi connectivity index (χ4v) is 2.13. The van der Waals surface area contributed by atoms with Gasteiger partial charge in [-0.3, -0.25) is 0 Å². The van der Waals surface area contributed by atoms with E-state index in [9.17, 15) is 0 Å². The Hall–Kier alpha value is -1.08. The van der Waals surface area contributed by atoms with Crippen molar-refractivity contribution in [2.45, 2.75) is 13.3 Å². The van der Waals surface area contributed by atoms with E-state index in [4.69, 9.17) is 0 Å². The van der Waals surface area contributed by atoms with Crippen LogP contribution in [0.15, 0.2) is 53.0 Å². The average Bonchev–Trinajstić information content (AvgIpc) is 2.30. The number of benzene rings is 2.